The summed E-state index contributed by atoms with van der Waals surface area (Å²) in [6.07, 6.45) is 7.82. The van der Waals surface area contributed by atoms with Crippen molar-refractivity contribution in [3.63, 3.8) is 0 Å². The van der Waals surface area contributed by atoms with Crippen molar-refractivity contribution in [3.8, 4) is 5.69 Å². The summed E-state index contributed by atoms with van der Waals surface area (Å²) >= 11 is 0. The van der Waals surface area contributed by atoms with Crippen molar-refractivity contribution in [2.24, 2.45) is 0 Å². The van der Waals surface area contributed by atoms with Gasteiger partial charge in [-0.3, -0.25) is 14.3 Å². The number of hydrogen-bond donors (Lipinski definition) is 2. The van der Waals surface area contributed by atoms with Crippen LogP contribution in [0.5, 0.6) is 0 Å². The van der Waals surface area contributed by atoms with Crippen LogP contribution in [0.15, 0.2) is 61.2 Å². The summed E-state index contributed by atoms with van der Waals surface area (Å²) in [4.78, 5) is 32.0. The molecule has 0 spiro atoms. The normalized spacial score (nSPS) is 13.6. The minimum atomic E-state index is 0.251. The molecular weight excluding hydrogens is 416 g/mol. The first-order valence-electron chi connectivity index (χ1n) is 11.2. The molecule has 0 aliphatic carbocycles. The Kier molecular flexibility index (Phi) is 6.10. The third-order valence-corrected chi connectivity index (χ3v) is 5.67. The third kappa shape index (κ3) is 4.77. The van der Waals surface area contributed by atoms with Crippen LogP contribution in [0, 0.1) is 0 Å². The summed E-state index contributed by atoms with van der Waals surface area (Å²) in [5, 5.41) is 6.72. The number of nitrogens with one attached hydrogen (secondary N) is 2. The number of imidazole rings is 1. The van der Waals surface area contributed by atoms with Crippen LogP contribution in [0.2, 0.25) is 0 Å². The lowest BCUT2D eigenvalue weighted by molar-refractivity contribution is -0.127. The van der Waals surface area contributed by atoms with Gasteiger partial charge < -0.3 is 15.5 Å². The molecule has 9 nitrogen and oxygen atoms in total. The molecule has 9 heteroatoms. The summed E-state index contributed by atoms with van der Waals surface area (Å²) in [6, 6.07) is 13.9. The Balaban J connectivity index is 1.38. The predicted molar refractivity (Wildman–Crippen MR) is 127 cm³/mol. The van der Waals surface area contributed by atoms with Crippen molar-refractivity contribution in [2.75, 3.05) is 30.3 Å². The van der Waals surface area contributed by atoms with Gasteiger partial charge in [-0.05, 0) is 36.6 Å². The maximum Gasteiger partial charge on any atom is 0.226 e. The van der Waals surface area contributed by atoms with E-state index in [1.807, 2.05) is 58.1 Å². The van der Waals surface area contributed by atoms with Gasteiger partial charge >= 0.3 is 0 Å². The topological polar surface area (TPSA) is 101 Å². The number of fused-ring (bicyclic) bond motifs is 1. The van der Waals surface area contributed by atoms with E-state index in [4.69, 9.17) is 9.97 Å². The largest absolute Gasteiger partial charge is 0.364 e. The van der Waals surface area contributed by atoms with E-state index in [-0.39, 0.29) is 5.91 Å². The van der Waals surface area contributed by atoms with E-state index >= 15 is 0 Å². The standard InChI is InChI=1S/C24H26N8O/c33-20-10-5-13-31(20)14-6-12-26-24-29-22(27-16-18-7-4-11-25-15-18)21-23(30-24)32(17-28-21)19-8-2-1-3-9-19/h1-4,7-9,11,15,17H,5-6,10,12-14,16H2,(H2,26,27,29,30). The molecule has 1 aliphatic rings. The number of aromatic nitrogens is 5. The van der Waals surface area contributed by atoms with Gasteiger partial charge in [0.1, 0.15) is 6.33 Å². The number of carbonyl (C=O) groups is 1. The Morgan fingerprint density at radius 3 is 2.73 bits per heavy atom. The van der Waals surface area contributed by atoms with Gasteiger partial charge in [0, 0.05) is 50.7 Å². The minimum Gasteiger partial charge on any atom is -0.364 e. The molecule has 1 aliphatic heterocycles. The molecule has 0 atom stereocenters. The highest BCUT2D eigenvalue weighted by atomic mass is 16.2. The maximum atomic E-state index is 11.8. The van der Waals surface area contributed by atoms with Gasteiger partial charge in [0.05, 0.1) is 0 Å². The molecule has 0 radical (unpaired) electrons. The molecule has 3 aromatic heterocycles. The predicted octanol–water partition coefficient (Wildman–Crippen LogP) is 3.25. The van der Waals surface area contributed by atoms with Crippen molar-refractivity contribution in [3.05, 3.63) is 66.7 Å². The Morgan fingerprint density at radius 2 is 1.94 bits per heavy atom. The molecule has 1 saturated heterocycles. The van der Waals surface area contributed by atoms with Gasteiger partial charge in [0.2, 0.25) is 11.9 Å². The number of nitrogens with zero attached hydrogens (tertiary/aromatic N) is 6. The molecule has 1 aromatic carbocycles. The lowest BCUT2D eigenvalue weighted by Gasteiger charge is -2.15. The Hall–Kier alpha value is -4.01. The summed E-state index contributed by atoms with van der Waals surface area (Å²) in [6.45, 7) is 2.87. The van der Waals surface area contributed by atoms with E-state index in [0.717, 1.165) is 42.8 Å². The first kappa shape index (κ1) is 20.9. The van der Waals surface area contributed by atoms with E-state index in [1.54, 1.807) is 12.5 Å². The highest BCUT2D eigenvalue weighted by molar-refractivity contribution is 5.85. The van der Waals surface area contributed by atoms with Gasteiger partial charge in [0.25, 0.3) is 0 Å². The average molecular weight is 443 g/mol. The highest BCUT2D eigenvalue weighted by Gasteiger charge is 2.19. The van der Waals surface area contributed by atoms with Crippen LogP contribution in [0.3, 0.4) is 0 Å². The number of carbonyl (C=O) groups excluding carboxylic acids is 1. The van der Waals surface area contributed by atoms with E-state index in [9.17, 15) is 4.79 Å². The molecule has 0 saturated carbocycles. The highest BCUT2D eigenvalue weighted by Crippen LogP contribution is 2.24. The second-order valence-electron chi connectivity index (χ2n) is 8.00. The lowest BCUT2D eigenvalue weighted by atomic mass is 10.3. The van der Waals surface area contributed by atoms with Gasteiger partial charge in [-0.25, -0.2) is 4.98 Å². The van der Waals surface area contributed by atoms with E-state index < -0.39 is 0 Å². The van der Waals surface area contributed by atoms with Crippen molar-refractivity contribution in [1.82, 2.24) is 29.4 Å². The van der Waals surface area contributed by atoms with E-state index in [1.165, 1.54) is 0 Å². The number of hydrogen-bond acceptors (Lipinski definition) is 7. The monoisotopic (exact) mass is 442 g/mol. The molecule has 4 aromatic rings. The summed E-state index contributed by atoms with van der Waals surface area (Å²) < 4.78 is 1.96. The number of rotatable bonds is 9. The van der Waals surface area contributed by atoms with Crippen molar-refractivity contribution < 1.29 is 4.79 Å². The van der Waals surface area contributed by atoms with Crippen LogP contribution in [0.4, 0.5) is 11.8 Å². The van der Waals surface area contributed by atoms with Gasteiger partial charge in [0.15, 0.2) is 17.0 Å². The second kappa shape index (κ2) is 9.64. The van der Waals surface area contributed by atoms with Crippen LogP contribution in [0.25, 0.3) is 16.9 Å². The number of pyridine rings is 1. The molecule has 2 N–H and O–H groups in total. The Labute approximate surface area is 191 Å². The number of para-hydroxylation sites is 1. The van der Waals surface area contributed by atoms with Crippen molar-refractivity contribution in [2.45, 2.75) is 25.8 Å². The van der Waals surface area contributed by atoms with E-state index in [2.05, 4.69) is 20.6 Å². The molecule has 5 rings (SSSR count). The van der Waals surface area contributed by atoms with Crippen LogP contribution in [0.1, 0.15) is 24.8 Å². The molecule has 4 heterocycles. The lowest BCUT2D eigenvalue weighted by Crippen LogP contribution is -2.27. The zero-order chi connectivity index (χ0) is 22.5. The van der Waals surface area contributed by atoms with Crippen LogP contribution >= 0.6 is 0 Å². The van der Waals surface area contributed by atoms with Gasteiger partial charge in [-0.2, -0.15) is 9.97 Å². The number of anilines is 2. The summed E-state index contributed by atoms with van der Waals surface area (Å²) in [5.74, 6) is 1.44. The molecule has 0 unspecified atom stereocenters. The smallest absolute Gasteiger partial charge is 0.226 e. The minimum absolute atomic E-state index is 0.251. The van der Waals surface area contributed by atoms with Crippen LogP contribution in [-0.4, -0.2) is 54.9 Å². The fourth-order valence-electron chi connectivity index (χ4n) is 3.98. The molecule has 1 amide bonds. The maximum absolute atomic E-state index is 11.8. The molecule has 0 bridgehead atoms. The Bertz CT molecular complexity index is 1230. The number of benzene rings is 1. The molecule has 168 valence electrons. The number of likely N-dealkylation sites (tertiary alicyclic amines) is 1. The van der Waals surface area contributed by atoms with Gasteiger partial charge in [-0.1, -0.05) is 24.3 Å². The molecule has 33 heavy (non-hydrogen) atoms. The van der Waals surface area contributed by atoms with Crippen LogP contribution in [-0.2, 0) is 11.3 Å². The zero-order valence-electron chi connectivity index (χ0n) is 18.3. The fourth-order valence-corrected chi connectivity index (χ4v) is 3.98. The number of amides is 1. The molecule has 1 fully saturated rings. The first-order chi connectivity index (χ1) is 16.3. The first-order valence-corrected chi connectivity index (χ1v) is 11.2. The van der Waals surface area contributed by atoms with E-state index in [0.29, 0.717) is 36.8 Å². The average Bonchev–Trinajstić information content (AvgIpc) is 3.47. The van der Waals surface area contributed by atoms with Crippen LogP contribution < -0.4 is 10.6 Å². The van der Waals surface area contributed by atoms with Crippen molar-refractivity contribution >= 4 is 28.8 Å². The quantitative estimate of drug-likeness (QED) is 0.384. The SMILES string of the molecule is O=C1CCCN1CCCNc1nc(NCc2cccnc2)c2ncn(-c3ccccc3)c2n1. The summed E-state index contributed by atoms with van der Waals surface area (Å²) in [5.41, 5.74) is 3.46. The second-order valence-corrected chi connectivity index (χ2v) is 8.00. The third-order valence-electron chi connectivity index (χ3n) is 5.67. The molecular formula is C24H26N8O. The van der Waals surface area contributed by atoms with Gasteiger partial charge in [-0.15, -0.1) is 0 Å². The fraction of sp³-hybridized carbons (Fsp3) is 0.292. The van der Waals surface area contributed by atoms with Crippen molar-refractivity contribution in [1.29, 1.82) is 0 Å². The summed E-state index contributed by atoms with van der Waals surface area (Å²) in [7, 11) is 0. The Morgan fingerprint density at radius 1 is 1.03 bits per heavy atom. The zero-order valence-corrected chi connectivity index (χ0v) is 18.3.